The second-order valence-corrected chi connectivity index (χ2v) is 5.22. The highest BCUT2D eigenvalue weighted by Crippen LogP contribution is 2.22. The molecule has 24 heavy (non-hydrogen) atoms. The predicted molar refractivity (Wildman–Crippen MR) is 90.8 cm³/mol. The first kappa shape index (κ1) is 17.4. The molecule has 0 radical (unpaired) electrons. The summed E-state index contributed by atoms with van der Waals surface area (Å²) in [5.74, 6) is -0.101. The van der Waals surface area contributed by atoms with Crippen molar-refractivity contribution in [2.75, 3.05) is 7.11 Å². The zero-order valence-corrected chi connectivity index (χ0v) is 13.7. The largest absolute Gasteiger partial charge is 0.496 e. The Morgan fingerprint density at radius 2 is 1.92 bits per heavy atom. The fourth-order valence-electron chi connectivity index (χ4n) is 1.94. The third-order valence-corrected chi connectivity index (χ3v) is 3.46. The second-order valence-electron chi connectivity index (χ2n) is 4.79. The maximum atomic E-state index is 12.2. The van der Waals surface area contributed by atoms with Crippen LogP contribution >= 0.6 is 11.6 Å². The van der Waals surface area contributed by atoms with Crippen molar-refractivity contribution in [2.24, 2.45) is 5.10 Å². The number of amides is 1. The van der Waals surface area contributed by atoms with E-state index in [-0.39, 0.29) is 11.3 Å². The Morgan fingerprint density at radius 3 is 2.50 bits per heavy atom. The van der Waals surface area contributed by atoms with Gasteiger partial charge >= 0.3 is 0 Å². The van der Waals surface area contributed by atoms with Gasteiger partial charge in [0.25, 0.3) is 11.6 Å². The number of nitro benzene ring substituents is 1. The first-order valence-corrected chi connectivity index (χ1v) is 7.23. The smallest absolute Gasteiger partial charge is 0.275 e. The van der Waals surface area contributed by atoms with Gasteiger partial charge in [-0.3, -0.25) is 14.9 Å². The first-order valence-electron chi connectivity index (χ1n) is 6.85. The number of hydrogen-bond donors (Lipinski definition) is 1. The molecule has 0 fully saturated rings. The van der Waals surface area contributed by atoms with Crippen LogP contribution < -0.4 is 10.2 Å². The van der Waals surface area contributed by atoms with E-state index in [1.165, 1.54) is 25.3 Å². The number of rotatable bonds is 5. The number of nitrogens with one attached hydrogen (secondary N) is 1. The van der Waals surface area contributed by atoms with Crippen LogP contribution in [0.1, 0.15) is 22.8 Å². The van der Waals surface area contributed by atoms with Gasteiger partial charge in [0.15, 0.2) is 0 Å². The van der Waals surface area contributed by atoms with Gasteiger partial charge in [-0.2, -0.15) is 5.10 Å². The lowest BCUT2D eigenvalue weighted by Gasteiger charge is -2.08. The Morgan fingerprint density at radius 1 is 1.25 bits per heavy atom. The van der Waals surface area contributed by atoms with Crippen molar-refractivity contribution in [2.45, 2.75) is 6.92 Å². The highest BCUT2D eigenvalue weighted by atomic mass is 35.5. The van der Waals surface area contributed by atoms with E-state index in [2.05, 4.69) is 10.5 Å². The minimum absolute atomic E-state index is 0.0146. The van der Waals surface area contributed by atoms with E-state index in [4.69, 9.17) is 16.3 Å². The van der Waals surface area contributed by atoms with Crippen molar-refractivity contribution in [1.82, 2.24) is 5.43 Å². The molecule has 0 atom stereocenters. The molecule has 0 aliphatic heterocycles. The van der Waals surface area contributed by atoms with Crippen molar-refractivity contribution in [3.05, 3.63) is 68.7 Å². The summed E-state index contributed by atoms with van der Waals surface area (Å²) in [5.41, 5.74) is 3.80. The number of ether oxygens (including phenoxy) is 1. The molecular formula is C16H14ClN3O4. The van der Waals surface area contributed by atoms with Crippen LogP contribution in [0.3, 0.4) is 0 Å². The number of carbonyl (C=O) groups is 1. The van der Waals surface area contributed by atoms with Crippen LogP contribution in [-0.2, 0) is 0 Å². The summed E-state index contributed by atoms with van der Waals surface area (Å²) in [6, 6.07) is 10.5. The standard InChI is InChI=1S/C16H14ClN3O4/c1-10(11-3-6-13(7-4-11)20(22)23)18-19-16(21)14-9-12(17)5-8-15(14)24-2/h3-9H,1-2H3,(H,19,21)/b18-10+. The topological polar surface area (TPSA) is 93.8 Å². The van der Waals surface area contributed by atoms with Gasteiger partial charge in [0, 0.05) is 17.2 Å². The lowest BCUT2D eigenvalue weighted by atomic mass is 10.1. The molecule has 0 saturated carbocycles. The van der Waals surface area contributed by atoms with Gasteiger partial charge in [0.2, 0.25) is 0 Å². The van der Waals surface area contributed by atoms with E-state index in [1.807, 2.05) is 0 Å². The van der Waals surface area contributed by atoms with E-state index in [1.54, 1.807) is 31.2 Å². The zero-order chi connectivity index (χ0) is 17.7. The van der Waals surface area contributed by atoms with Crippen LogP contribution in [0.5, 0.6) is 5.75 Å². The van der Waals surface area contributed by atoms with Crippen molar-refractivity contribution in [3.8, 4) is 5.75 Å². The summed E-state index contributed by atoms with van der Waals surface area (Å²) in [6.45, 7) is 1.68. The summed E-state index contributed by atoms with van der Waals surface area (Å²) < 4.78 is 5.12. The Bertz CT molecular complexity index is 803. The van der Waals surface area contributed by atoms with E-state index in [9.17, 15) is 14.9 Å². The Hall–Kier alpha value is -2.93. The van der Waals surface area contributed by atoms with Gasteiger partial charge in [-0.15, -0.1) is 0 Å². The summed E-state index contributed by atoms with van der Waals surface area (Å²) in [4.78, 5) is 22.4. The monoisotopic (exact) mass is 347 g/mol. The maximum Gasteiger partial charge on any atom is 0.275 e. The lowest BCUT2D eigenvalue weighted by molar-refractivity contribution is -0.384. The third kappa shape index (κ3) is 4.08. The molecule has 0 aliphatic rings. The Balaban J connectivity index is 2.16. The van der Waals surface area contributed by atoms with E-state index in [0.717, 1.165) is 0 Å². The predicted octanol–water partition coefficient (Wildman–Crippen LogP) is 3.41. The molecule has 2 aromatic rings. The minimum atomic E-state index is -0.483. The fourth-order valence-corrected chi connectivity index (χ4v) is 2.11. The molecule has 1 amide bonds. The summed E-state index contributed by atoms with van der Waals surface area (Å²) in [7, 11) is 1.45. The summed E-state index contributed by atoms with van der Waals surface area (Å²) >= 11 is 5.89. The molecule has 8 heteroatoms. The second kappa shape index (κ2) is 7.56. The third-order valence-electron chi connectivity index (χ3n) is 3.23. The van der Waals surface area contributed by atoms with Gasteiger partial charge in [-0.05, 0) is 42.8 Å². The van der Waals surface area contributed by atoms with Gasteiger partial charge in [0.05, 0.1) is 23.3 Å². The fraction of sp³-hybridized carbons (Fsp3) is 0.125. The van der Waals surface area contributed by atoms with Crippen LogP contribution in [0, 0.1) is 10.1 Å². The number of halogens is 1. The van der Waals surface area contributed by atoms with Crippen molar-refractivity contribution in [3.63, 3.8) is 0 Å². The number of hydrazone groups is 1. The van der Waals surface area contributed by atoms with Gasteiger partial charge in [-0.1, -0.05) is 11.6 Å². The minimum Gasteiger partial charge on any atom is -0.496 e. The zero-order valence-electron chi connectivity index (χ0n) is 12.9. The average Bonchev–Trinajstić information content (AvgIpc) is 2.59. The van der Waals surface area contributed by atoms with Crippen molar-refractivity contribution in [1.29, 1.82) is 0 Å². The van der Waals surface area contributed by atoms with Gasteiger partial charge < -0.3 is 4.74 Å². The Labute approximate surface area is 143 Å². The van der Waals surface area contributed by atoms with Crippen molar-refractivity contribution < 1.29 is 14.5 Å². The van der Waals surface area contributed by atoms with Crippen LogP contribution in [-0.4, -0.2) is 23.7 Å². The number of nitrogens with zero attached hydrogens (tertiary/aromatic N) is 2. The highest BCUT2D eigenvalue weighted by Gasteiger charge is 2.13. The van der Waals surface area contributed by atoms with E-state index >= 15 is 0 Å². The molecule has 0 saturated heterocycles. The molecule has 0 aliphatic carbocycles. The molecule has 7 nitrogen and oxygen atoms in total. The van der Waals surface area contributed by atoms with Gasteiger partial charge in [0.1, 0.15) is 5.75 Å². The molecule has 0 aromatic heterocycles. The van der Waals surface area contributed by atoms with Crippen LogP contribution in [0.4, 0.5) is 5.69 Å². The highest BCUT2D eigenvalue weighted by molar-refractivity contribution is 6.31. The molecule has 0 unspecified atom stereocenters. The molecule has 0 heterocycles. The number of non-ortho nitro benzene ring substituents is 1. The lowest BCUT2D eigenvalue weighted by Crippen LogP contribution is -2.20. The molecule has 0 spiro atoms. The molecule has 0 bridgehead atoms. The summed E-state index contributed by atoms with van der Waals surface area (Å²) in [6.07, 6.45) is 0. The molecular weight excluding hydrogens is 334 g/mol. The number of carbonyl (C=O) groups excluding carboxylic acids is 1. The van der Waals surface area contributed by atoms with Crippen LogP contribution in [0.25, 0.3) is 0 Å². The van der Waals surface area contributed by atoms with Crippen LogP contribution in [0.15, 0.2) is 47.6 Å². The quantitative estimate of drug-likeness (QED) is 0.509. The van der Waals surface area contributed by atoms with Gasteiger partial charge in [-0.25, -0.2) is 5.43 Å². The summed E-state index contributed by atoms with van der Waals surface area (Å²) in [5, 5.41) is 15.0. The van der Waals surface area contributed by atoms with Crippen LogP contribution in [0.2, 0.25) is 5.02 Å². The number of methoxy groups -OCH3 is 1. The number of benzene rings is 2. The van der Waals surface area contributed by atoms with E-state index in [0.29, 0.717) is 22.0 Å². The number of nitro groups is 1. The normalized spacial score (nSPS) is 11.0. The maximum absolute atomic E-state index is 12.2. The van der Waals surface area contributed by atoms with E-state index < -0.39 is 10.8 Å². The molecule has 1 N–H and O–H groups in total. The molecule has 124 valence electrons. The Kier molecular flexibility index (Phi) is 5.49. The first-order chi connectivity index (χ1) is 11.4. The average molecular weight is 348 g/mol. The number of hydrogen-bond acceptors (Lipinski definition) is 5. The molecule has 2 rings (SSSR count). The van der Waals surface area contributed by atoms with Crippen molar-refractivity contribution >= 4 is 28.9 Å². The SMILES string of the molecule is COc1ccc(Cl)cc1C(=O)N/N=C(\C)c1ccc([N+](=O)[O-])cc1. The molecule has 2 aromatic carbocycles.